The van der Waals surface area contributed by atoms with Gasteiger partial charge in [0.2, 0.25) is 0 Å². The third kappa shape index (κ3) is 7.96. The van der Waals surface area contributed by atoms with Crippen LogP contribution in [0, 0.1) is 0 Å². The zero-order valence-electron chi connectivity index (χ0n) is 14.3. The monoisotopic (exact) mass is 436 g/mol. The Morgan fingerprint density at radius 3 is 1.42 bits per heavy atom. The van der Waals surface area contributed by atoms with Crippen molar-refractivity contribution in [2.45, 2.75) is 50.0 Å². The van der Waals surface area contributed by atoms with Crippen molar-refractivity contribution in [3.8, 4) is 0 Å². The van der Waals surface area contributed by atoms with Gasteiger partial charge in [-0.15, -0.1) is 0 Å². The van der Waals surface area contributed by atoms with Crippen LogP contribution in [0.3, 0.4) is 0 Å². The normalized spacial score (nSPS) is 19.2. The molecule has 1 aliphatic rings. The molecule has 1 heterocycles. The Bertz CT molecular complexity index is 594. The third-order valence-electron chi connectivity index (χ3n) is 3.69. The van der Waals surface area contributed by atoms with E-state index in [1.165, 1.54) is 56.2 Å². The molecule has 0 N–H and O–H groups in total. The van der Waals surface area contributed by atoms with E-state index in [1.54, 1.807) is 0 Å². The lowest BCUT2D eigenvalue weighted by molar-refractivity contribution is -0.908. The van der Waals surface area contributed by atoms with Crippen LogP contribution >= 0.6 is 0 Å². The smallest absolute Gasteiger partial charge is 0.421 e. The minimum absolute atomic E-state index is 0.778. The maximum atomic E-state index is 11.4. The van der Waals surface area contributed by atoms with Crippen molar-refractivity contribution in [3.05, 3.63) is 4.13 Å². The van der Waals surface area contributed by atoms with Gasteiger partial charge in [-0.3, -0.25) is 0 Å². The van der Waals surface area contributed by atoms with E-state index in [-0.39, 0.29) is 0 Å². The van der Waals surface area contributed by atoms with Crippen molar-refractivity contribution in [2.75, 3.05) is 26.7 Å². The average Bonchev–Trinajstić information content (AvgIpc) is 2.61. The maximum Gasteiger partial charge on any atom is 0.480 e. The number of halogens is 6. The second-order valence-electron chi connectivity index (χ2n) is 6.12. The number of quaternary nitrogens is 1. The van der Waals surface area contributed by atoms with Gasteiger partial charge in [0, 0.05) is 0 Å². The van der Waals surface area contributed by atoms with Gasteiger partial charge < -0.3 is 8.61 Å². The molecule has 0 spiro atoms. The van der Waals surface area contributed by atoms with Crippen LogP contribution in [0.4, 0.5) is 26.3 Å². The molecule has 0 bridgehead atoms. The predicted octanol–water partition coefficient (Wildman–Crippen LogP) is 3.48. The summed E-state index contributed by atoms with van der Waals surface area (Å²) >= 11 is 0. The number of likely N-dealkylation sites (tertiary alicyclic amines) is 1. The van der Waals surface area contributed by atoms with E-state index >= 15 is 0 Å². The lowest BCUT2D eigenvalue weighted by atomic mass is 10.2. The largest absolute Gasteiger partial charge is 0.480 e. The second-order valence-corrected chi connectivity index (χ2v) is 9.54. The van der Waals surface area contributed by atoms with Gasteiger partial charge in [-0.2, -0.15) is 26.3 Å². The highest BCUT2D eigenvalue weighted by Crippen LogP contribution is 2.36. The maximum absolute atomic E-state index is 11.4. The van der Waals surface area contributed by atoms with Crippen LogP contribution in [0.5, 0.6) is 0 Å². The Balaban J connectivity index is 0.000000502. The first-order chi connectivity index (χ1) is 11.5. The molecule has 1 saturated heterocycles. The number of hydrogen-bond acceptors (Lipinski definition) is 4. The Hall–Kier alpha value is -0.600. The SMILES string of the molecule is CCC[N+]1(C)CCCCCC1.O=S(=O)([N-]S(=O)(=O)C(F)(F)F)C(F)(F)F. The van der Waals surface area contributed by atoms with Crippen LogP contribution in [0.25, 0.3) is 4.13 Å². The molecule has 26 heavy (non-hydrogen) atoms. The van der Waals surface area contributed by atoms with E-state index in [4.69, 9.17) is 0 Å². The summed E-state index contributed by atoms with van der Waals surface area (Å²) in [4.78, 5) is 0. The van der Waals surface area contributed by atoms with E-state index in [1.807, 2.05) is 0 Å². The van der Waals surface area contributed by atoms with Gasteiger partial charge in [-0.25, -0.2) is 16.8 Å². The highest BCUT2D eigenvalue weighted by Gasteiger charge is 2.46. The molecule has 1 rings (SSSR count). The Labute approximate surface area is 149 Å². The van der Waals surface area contributed by atoms with Crippen molar-refractivity contribution in [2.24, 2.45) is 0 Å². The summed E-state index contributed by atoms with van der Waals surface area (Å²) in [5.41, 5.74) is -12.4. The fourth-order valence-electron chi connectivity index (χ4n) is 2.43. The van der Waals surface area contributed by atoms with Crippen LogP contribution in [0.1, 0.15) is 39.0 Å². The summed E-state index contributed by atoms with van der Waals surface area (Å²) in [7, 11) is -11.0. The summed E-state index contributed by atoms with van der Waals surface area (Å²) in [5, 5.41) is 0. The highest BCUT2D eigenvalue weighted by atomic mass is 32.3. The number of alkyl halides is 6. The molecule has 0 aliphatic carbocycles. The lowest BCUT2D eigenvalue weighted by Gasteiger charge is -2.32. The number of hydrogen-bond donors (Lipinski definition) is 0. The predicted molar refractivity (Wildman–Crippen MR) is 82.9 cm³/mol. The third-order valence-corrected chi connectivity index (χ3v) is 6.43. The summed E-state index contributed by atoms with van der Waals surface area (Å²) in [6.45, 7) is 6.54. The Kier molecular flexibility index (Phi) is 8.85. The first-order valence-corrected chi connectivity index (χ1v) is 10.6. The fraction of sp³-hybridized carbons (Fsp3) is 1.00. The van der Waals surface area contributed by atoms with Crippen LogP contribution in [-0.4, -0.2) is 59.0 Å². The molecule has 0 aromatic heterocycles. The molecule has 0 aromatic rings. The van der Waals surface area contributed by atoms with Crippen LogP contribution < -0.4 is 0 Å². The van der Waals surface area contributed by atoms with Crippen molar-refractivity contribution in [1.29, 1.82) is 0 Å². The van der Waals surface area contributed by atoms with E-state index in [9.17, 15) is 43.2 Å². The first-order valence-electron chi connectivity index (χ1n) is 7.68. The number of nitrogens with zero attached hydrogens (tertiary/aromatic N) is 2. The minimum Gasteiger partial charge on any atom is -0.421 e. The van der Waals surface area contributed by atoms with Gasteiger partial charge in [0.15, 0.2) is 20.0 Å². The Morgan fingerprint density at radius 2 is 1.15 bits per heavy atom. The van der Waals surface area contributed by atoms with Crippen molar-refractivity contribution < 1.29 is 47.7 Å². The summed E-state index contributed by atoms with van der Waals surface area (Å²) < 4.78 is 111. The molecule has 158 valence electrons. The minimum atomic E-state index is -6.72. The average molecular weight is 436 g/mol. The summed E-state index contributed by atoms with van der Waals surface area (Å²) in [5.74, 6) is 0. The quantitative estimate of drug-likeness (QED) is 0.499. The molecule has 0 radical (unpaired) electrons. The number of sulfonamides is 2. The molecule has 0 aromatic carbocycles. The van der Waals surface area contributed by atoms with Gasteiger partial charge in [-0.05, 0) is 32.1 Å². The number of rotatable bonds is 4. The van der Waals surface area contributed by atoms with Crippen molar-refractivity contribution in [3.63, 3.8) is 0 Å². The first kappa shape index (κ1) is 25.4. The molecular formula is C12H22F6N2O4S2. The van der Waals surface area contributed by atoms with Crippen molar-refractivity contribution in [1.82, 2.24) is 0 Å². The van der Waals surface area contributed by atoms with Gasteiger partial charge in [0.05, 0.1) is 26.7 Å². The molecule has 0 amide bonds. The van der Waals surface area contributed by atoms with Crippen LogP contribution in [0.15, 0.2) is 0 Å². The fourth-order valence-corrected chi connectivity index (χ4v) is 4.14. The zero-order chi connectivity index (χ0) is 20.9. The highest BCUT2D eigenvalue weighted by molar-refractivity contribution is 8.13. The lowest BCUT2D eigenvalue weighted by Crippen LogP contribution is -2.45. The molecule has 0 unspecified atom stereocenters. The topological polar surface area (TPSA) is 82.4 Å². The molecule has 1 fully saturated rings. The van der Waals surface area contributed by atoms with Crippen LogP contribution in [-0.2, 0) is 20.0 Å². The van der Waals surface area contributed by atoms with E-state index < -0.39 is 31.1 Å². The van der Waals surface area contributed by atoms with Gasteiger partial charge in [0.1, 0.15) is 0 Å². The van der Waals surface area contributed by atoms with E-state index in [0.29, 0.717) is 0 Å². The van der Waals surface area contributed by atoms with Gasteiger partial charge in [0.25, 0.3) is 0 Å². The zero-order valence-corrected chi connectivity index (χ0v) is 15.9. The summed E-state index contributed by atoms with van der Waals surface area (Å²) in [6.07, 6.45) is 7.19. The Morgan fingerprint density at radius 1 is 0.808 bits per heavy atom. The van der Waals surface area contributed by atoms with Gasteiger partial charge >= 0.3 is 11.0 Å². The summed E-state index contributed by atoms with van der Waals surface area (Å²) in [6, 6.07) is 0. The molecule has 0 saturated carbocycles. The molecule has 1 aliphatic heterocycles. The van der Waals surface area contributed by atoms with Crippen LogP contribution in [0.2, 0.25) is 0 Å². The van der Waals surface area contributed by atoms with Gasteiger partial charge in [-0.1, -0.05) is 6.92 Å². The standard InChI is InChI=1S/C10H22N.C2F6NO4S2/c1-3-8-11(2)9-6-4-5-7-10-11;3-1(4,5)14(10,11)9-15(12,13)2(6,7)8/h3-10H2,1-2H3;/q+1;-1. The van der Waals surface area contributed by atoms with Crippen molar-refractivity contribution >= 4 is 20.0 Å². The molecule has 0 atom stereocenters. The van der Waals surface area contributed by atoms with E-state index in [2.05, 4.69) is 14.0 Å². The van der Waals surface area contributed by atoms with E-state index in [0.717, 1.165) is 4.13 Å². The molecule has 6 nitrogen and oxygen atoms in total. The molecule has 14 heteroatoms. The second kappa shape index (κ2) is 9.06. The molecular weight excluding hydrogens is 414 g/mol.